The Morgan fingerprint density at radius 3 is 3.00 bits per heavy atom. The Balaban J connectivity index is 2.90. The van der Waals surface area contributed by atoms with Gasteiger partial charge in [-0.1, -0.05) is 6.08 Å². The van der Waals surface area contributed by atoms with Gasteiger partial charge in [-0.05, 0) is 19.4 Å². The number of allylic oxidation sites excluding steroid dienone is 2. The first kappa shape index (κ1) is 6.08. The molecule has 0 aromatic carbocycles. The van der Waals surface area contributed by atoms with Crippen molar-refractivity contribution in [2.45, 2.75) is 13.8 Å². The largest absolute Gasteiger partial charge is 0.345 e. The summed E-state index contributed by atoms with van der Waals surface area (Å²) >= 11 is 0. The highest BCUT2D eigenvalue weighted by Gasteiger charge is 1.92. The Labute approximate surface area is 54.6 Å². The Bertz CT molecular complexity index is 197. The third-order valence-corrected chi connectivity index (χ3v) is 1.30. The second-order valence-electron chi connectivity index (χ2n) is 1.91. The van der Waals surface area contributed by atoms with Gasteiger partial charge in [0, 0.05) is 12.4 Å². The summed E-state index contributed by atoms with van der Waals surface area (Å²) in [5.74, 6) is 0.956. The third-order valence-electron chi connectivity index (χ3n) is 1.30. The molecule has 1 aromatic rings. The van der Waals surface area contributed by atoms with Crippen molar-refractivity contribution in [1.82, 2.24) is 9.97 Å². The molecule has 0 unspecified atom stereocenters. The van der Waals surface area contributed by atoms with E-state index in [1.807, 2.05) is 26.1 Å². The molecule has 1 heterocycles. The molecule has 0 atom stereocenters. The van der Waals surface area contributed by atoms with Crippen molar-refractivity contribution in [1.29, 1.82) is 0 Å². The molecule has 0 aliphatic rings. The van der Waals surface area contributed by atoms with Gasteiger partial charge in [0.25, 0.3) is 0 Å². The molecular formula is C7H10N2. The van der Waals surface area contributed by atoms with Crippen LogP contribution in [-0.4, -0.2) is 9.97 Å². The quantitative estimate of drug-likeness (QED) is 0.604. The van der Waals surface area contributed by atoms with E-state index in [-0.39, 0.29) is 0 Å². The maximum Gasteiger partial charge on any atom is 0.132 e. The van der Waals surface area contributed by atoms with E-state index in [0.29, 0.717) is 0 Å². The lowest BCUT2D eigenvalue weighted by Gasteiger charge is -1.90. The van der Waals surface area contributed by atoms with Crippen LogP contribution in [0.25, 0.3) is 5.57 Å². The van der Waals surface area contributed by atoms with E-state index in [0.717, 1.165) is 5.82 Å². The number of rotatable bonds is 1. The lowest BCUT2D eigenvalue weighted by atomic mass is 10.3. The molecule has 1 aromatic heterocycles. The number of aromatic amines is 1. The zero-order chi connectivity index (χ0) is 6.69. The lowest BCUT2D eigenvalue weighted by molar-refractivity contribution is 1.23. The van der Waals surface area contributed by atoms with Crippen molar-refractivity contribution in [3.05, 3.63) is 24.3 Å². The highest BCUT2D eigenvalue weighted by atomic mass is 14.9. The Morgan fingerprint density at radius 2 is 2.56 bits per heavy atom. The number of nitrogens with one attached hydrogen (secondary N) is 1. The van der Waals surface area contributed by atoms with Crippen LogP contribution in [0, 0.1) is 0 Å². The highest BCUT2D eigenvalue weighted by Crippen LogP contribution is 2.04. The molecule has 0 aliphatic carbocycles. The average Bonchev–Trinajstić information content (AvgIpc) is 2.37. The average molecular weight is 122 g/mol. The molecule has 0 saturated carbocycles. The van der Waals surface area contributed by atoms with Gasteiger partial charge in [-0.15, -0.1) is 0 Å². The van der Waals surface area contributed by atoms with Crippen molar-refractivity contribution in [3.8, 4) is 0 Å². The van der Waals surface area contributed by atoms with Gasteiger partial charge in [-0.3, -0.25) is 0 Å². The van der Waals surface area contributed by atoms with Gasteiger partial charge in [-0.25, -0.2) is 4.98 Å². The first-order valence-corrected chi connectivity index (χ1v) is 2.97. The highest BCUT2D eigenvalue weighted by molar-refractivity contribution is 5.56. The molecular weight excluding hydrogens is 112 g/mol. The molecule has 0 spiro atoms. The third kappa shape index (κ3) is 1.19. The summed E-state index contributed by atoms with van der Waals surface area (Å²) in [6, 6.07) is 0. The Morgan fingerprint density at radius 1 is 1.78 bits per heavy atom. The summed E-state index contributed by atoms with van der Waals surface area (Å²) in [6.45, 7) is 4.02. The van der Waals surface area contributed by atoms with Crippen LogP contribution < -0.4 is 0 Å². The van der Waals surface area contributed by atoms with Gasteiger partial charge in [0.1, 0.15) is 5.82 Å². The summed E-state index contributed by atoms with van der Waals surface area (Å²) in [6.07, 6.45) is 5.60. The SMILES string of the molecule is CC=C(C)c1ncc[nH]1. The summed E-state index contributed by atoms with van der Waals surface area (Å²) in [5, 5.41) is 0. The monoisotopic (exact) mass is 122 g/mol. The molecule has 0 radical (unpaired) electrons. The first-order chi connectivity index (χ1) is 4.34. The van der Waals surface area contributed by atoms with Crippen molar-refractivity contribution in [2.24, 2.45) is 0 Å². The molecule has 0 saturated heterocycles. The van der Waals surface area contributed by atoms with Crippen LogP contribution in [0.15, 0.2) is 18.5 Å². The number of imidazole rings is 1. The van der Waals surface area contributed by atoms with Gasteiger partial charge in [0.2, 0.25) is 0 Å². The predicted octanol–water partition coefficient (Wildman–Crippen LogP) is 1.83. The molecule has 0 bridgehead atoms. The van der Waals surface area contributed by atoms with E-state index in [1.54, 1.807) is 6.20 Å². The number of aromatic nitrogens is 2. The molecule has 0 fully saturated rings. The minimum absolute atomic E-state index is 0.956. The van der Waals surface area contributed by atoms with E-state index in [4.69, 9.17) is 0 Å². The number of hydrogen-bond donors (Lipinski definition) is 1. The van der Waals surface area contributed by atoms with Crippen molar-refractivity contribution in [3.63, 3.8) is 0 Å². The van der Waals surface area contributed by atoms with E-state index >= 15 is 0 Å². The Kier molecular flexibility index (Phi) is 1.68. The number of hydrogen-bond acceptors (Lipinski definition) is 1. The molecule has 9 heavy (non-hydrogen) atoms. The fraction of sp³-hybridized carbons (Fsp3) is 0.286. The van der Waals surface area contributed by atoms with Gasteiger partial charge in [0.15, 0.2) is 0 Å². The van der Waals surface area contributed by atoms with Gasteiger partial charge < -0.3 is 4.98 Å². The second-order valence-corrected chi connectivity index (χ2v) is 1.91. The van der Waals surface area contributed by atoms with Crippen LogP contribution in [0.1, 0.15) is 19.7 Å². The van der Waals surface area contributed by atoms with Crippen molar-refractivity contribution in [2.75, 3.05) is 0 Å². The predicted molar refractivity (Wildman–Crippen MR) is 37.9 cm³/mol. The van der Waals surface area contributed by atoms with Gasteiger partial charge >= 0.3 is 0 Å². The van der Waals surface area contributed by atoms with Crippen LogP contribution in [0.4, 0.5) is 0 Å². The van der Waals surface area contributed by atoms with Crippen LogP contribution in [0.3, 0.4) is 0 Å². The van der Waals surface area contributed by atoms with E-state index < -0.39 is 0 Å². The summed E-state index contributed by atoms with van der Waals surface area (Å²) in [4.78, 5) is 7.07. The maximum atomic E-state index is 4.06. The van der Waals surface area contributed by atoms with Crippen LogP contribution in [0.2, 0.25) is 0 Å². The molecule has 1 rings (SSSR count). The molecule has 0 aliphatic heterocycles. The van der Waals surface area contributed by atoms with E-state index in [9.17, 15) is 0 Å². The zero-order valence-corrected chi connectivity index (χ0v) is 5.68. The van der Waals surface area contributed by atoms with Gasteiger partial charge in [-0.2, -0.15) is 0 Å². The normalized spacial score (nSPS) is 12.0. The van der Waals surface area contributed by atoms with E-state index in [2.05, 4.69) is 9.97 Å². The minimum Gasteiger partial charge on any atom is -0.345 e. The van der Waals surface area contributed by atoms with Crippen molar-refractivity contribution < 1.29 is 0 Å². The lowest BCUT2D eigenvalue weighted by Crippen LogP contribution is -1.79. The fourth-order valence-corrected chi connectivity index (χ4v) is 0.618. The zero-order valence-electron chi connectivity index (χ0n) is 5.68. The molecule has 1 N–H and O–H groups in total. The molecule has 0 amide bonds. The molecule has 48 valence electrons. The topological polar surface area (TPSA) is 28.7 Å². The standard InChI is InChI=1S/C7H10N2/c1-3-6(2)7-8-4-5-9-7/h3-5H,1-2H3,(H,8,9). The summed E-state index contributed by atoms with van der Waals surface area (Å²) < 4.78 is 0. The number of nitrogens with zero attached hydrogens (tertiary/aromatic N) is 1. The van der Waals surface area contributed by atoms with Crippen LogP contribution in [-0.2, 0) is 0 Å². The smallest absolute Gasteiger partial charge is 0.132 e. The first-order valence-electron chi connectivity index (χ1n) is 2.97. The van der Waals surface area contributed by atoms with Crippen molar-refractivity contribution >= 4 is 5.57 Å². The Hall–Kier alpha value is -1.05. The van der Waals surface area contributed by atoms with Gasteiger partial charge in [0.05, 0.1) is 0 Å². The fourth-order valence-electron chi connectivity index (χ4n) is 0.618. The van der Waals surface area contributed by atoms with Crippen LogP contribution in [0.5, 0.6) is 0 Å². The van der Waals surface area contributed by atoms with E-state index in [1.165, 1.54) is 5.57 Å². The summed E-state index contributed by atoms with van der Waals surface area (Å²) in [5.41, 5.74) is 1.18. The maximum absolute atomic E-state index is 4.06. The summed E-state index contributed by atoms with van der Waals surface area (Å²) in [7, 11) is 0. The number of H-pyrrole nitrogens is 1. The van der Waals surface area contributed by atoms with Crippen LogP contribution >= 0.6 is 0 Å². The molecule has 2 heteroatoms. The second kappa shape index (κ2) is 2.49. The molecule has 2 nitrogen and oxygen atoms in total. The minimum atomic E-state index is 0.956.